The van der Waals surface area contributed by atoms with Gasteiger partial charge in [-0.05, 0) is 36.2 Å². The summed E-state index contributed by atoms with van der Waals surface area (Å²) in [5, 5.41) is 6.98. The van der Waals surface area contributed by atoms with Crippen molar-refractivity contribution in [1.29, 1.82) is 0 Å². The number of carbonyl (C=O) groups excluding carboxylic acids is 1. The molecule has 0 aliphatic heterocycles. The number of hydrogen-bond donors (Lipinski definition) is 2. The number of carbonyl (C=O) groups is 1. The molecule has 128 valence electrons. The van der Waals surface area contributed by atoms with Gasteiger partial charge < -0.3 is 15.4 Å². The van der Waals surface area contributed by atoms with E-state index in [1.165, 1.54) is 0 Å². The van der Waals surface area contributed by atoms with Crippen molar-refractivity contribution in [1.82, 2.24) is 5.32 Å². The van der Waals surface area contributed by atoms with Crippen molar-refractivity contribution < 1.29 is 9.53 Å². The van der Waals surface area contributed by atoms with Crippen LogP contribution in [0.1, 0.15) is 12.0 Å². The van der Waals surface area contributed by atoms with E-state index in [2.05, 4.69) is 10.6 Å². The molecule has 2 N–H and O–H groups in total. The SMILES string of the molecule is COc1ccc(CCNC(=O)CCNc2cccc(Cl)c2Cl)cc1. The van der Waals surface area contributed by atoms with Gasteiger partial charge in [0.15, 0.2) is 0 Å². The molecule has 2 rings (SSSR count). The highest BCUT2D eigenvalue weighted by Gasteiger charge is 2.05. The largest absolute Gasteiger partial charge is 0.497 e. The molecule has 4 nitrogen and oxygen atoms in total. The van der Waals surface area contributed by atoms with Crippen molar-refractivity contribution in [2.45, 2.75) is 12.8 Å². The summed E-state index contributed by atoms with van der Waals surface area (Å²) < 4.78 is 5.11. The minimum atomic E-state index is -0.00541. The van der Waals surface area contributed by atoms with Gasteiger partial charge in [0, 0.05) is 19.5 Å². The molecule has 0 saturated heterocycles. The van der Waals surface area contributed by atoms with Gasteiger partial charge in [0.05, 0.1) is 22.8 Å². The molecule has 1 amide bonds. The Morgan fingerprint density at radius 3 is 2.54 bits per heavy atom. The lowest BCUT2D eigenvalue weighted by Gasteiger charge is -2.10. The summed E-state index contributed by atoms with van der Waals surface area (Å²) >= 11 is 12.0. The van der Waals surface area contributed by atoms with Gasteiger partial charge in [0.2, 0.25) is 5.91 Å². The van der Waals surface area contributed by atoms with Crippen LogP contribution in [0.25, 0.3) is 0 Å². The molecule has 2 aromatic rings. The number of anilines is 1. The fraction of sp³-hybridized carbons (Fsp3) is 0.278. The zero-order chi connectivity index (χ0) is 17.4. The number of rotatable bonds is 8. The van der Waals surface area contributed by atoms with Crippen LogP contribution >= 0.6 is 23.2 Å². The van der Waals surface area contributed by atoms with Crippen LogP contribution in [0, 0.1) is 0 Å². The van der Waals surface area contributed by atoms with Gasteiger partial charge in [0.1, 0.15) is 5.75 Å². The predicted octanol–water partition coefficient (Wildman–Crippen LogP) is 4.16. The average molecular weight is 367 g/mol. The first-order valence-corrected chi connectivity index (χ1v) is 8.43. The van der Waals surface area contributed by atoms with E-state index >= 15 is 0 Å². The van der Waals surface area contributed by atoms with Crippen LogP contribution in [0.3, 0.4) is 0 Å². The number of ether oxygens (including phenoxy) is 1. The first-order chi connectivity index (χ1) is 11.6. The second kappa shape index (κ2) is 9.40. The molecule has 0 fully saturated rings. The second-order valence-corrected chi connectivity index (χ2v) is 6.01. The summed E-state index contributed by atoms with van der Waals surface area (Å²) in [4.78, 5) is 11.8. The van der Waals surface area contributed by atoms with Crippen molar-refractivity contribution in [3.05, 3.63) is 58.1 Å². The third-order valence-corrected chi connectivity index (χ3v) is 4.33. The zero-order valence-electron chi connectivity index (χ0n) is 13.4. The molecule has 0 aromatic heterocycles. The van der Waals surface area contributed by atoms with E-state index in [9.17, 15) is 4.79 Å². The Kier molecular flexibility index (Phi) is 7.22. The second-order valence-electron chi connectivity index (χ2n) is 5.23. The molecule has 0 aliphatic rings. The quantitative estimate of drug-likeness (QED) is 0.737. The van der Waals surface area contributed by atoms with Crippen LogP contribution < -0.4 is 15.4 Å². The number of nitrogens with one attached hydrogen (secondary N) is 2. The van der Waals surface area contributed by atoms with Crippen LogP contribution in [0.4, 0.5) is 5.69 Å². The molecule has 24 heavy (non-hydrogen) atoms. The molecular formula is C18H20Cl2N2O2. The fourth-order valence-electron chi connectivity index (χ4n) is 2.18. The molecule has 0 bridgehead atoms. The zero-order valence-corrected chi connectivity index (χ0v) is 15.0. The van der Waals surface area contributed by atoms with E-state index < -0.39 is 0 Å². The minimum Gasteiger partial charge on any atom is -0.497 e. The Balaban J connectivity index is 1.67. The monoisotopic (exact) mass is 366 g/mol. The summed E-state index contributed by atoms with van der Waals surface area (Å²) in [5.74, 6) is 0.822. The molecule has 0 saturated carbocycles. The van der Waals surface area contributed by atoms with Crippen molar-refractivity contribution in [2.75, 3.05) is 25.5 Å². The highest BCUT2D eigenvalue weighted by atomic mass is 35.5. The van der Waals surface area contributed by atoms with Crippen LogP contribution in [-0.2, 0) is 11.2 Å². The van der Waals surface area contributed by atoms with Crippen LogP contribution in [-0.4, -0.2) is 26.1 Å². The van der Waals surface area contributed by atoms with Crippen LogP contribution in [0.15, 0.2) is 42.5 Å². The van der Waals surface area contributed by atoms with Gasteiger partial charge in [0.25, 0.3) is 0 Å². The lowest BCUT2D eigenvalue weighted by Crippen LogP contribution is -2.27. The molecule has 0 heterocycles. The number of benzene rings is 2. The van der Waals surface area contributed by atoms with E-state index in [0.717, 1.165) is 23.4 Å². The lowest BCUT2D eigenvalue weighted by molar-refractivity contribution is -0.120. The van der Waals surface area contributed by atoms with Gasteiger partial charge in [-0.1, -0.05) is 41.4 Å². The Bertz CT molecular complexity index is 675. The lowest BCUT2D eigenvalue weighted by atomic mass is 10.1. The maximum absolute atomic E-state index is 11.8. The smallest absolute Gasteiger partial charge is 0.221 e. The van der Waals surface area contributed by atoms with Gasteiger partial charge >= 0.3 is 0 Å². The number of halogens is 2. The van der Waals surface area contributed by atoms with Crippen molar-refractivity contribution in [2.24, 2.45) is 0 Å². The summed E-state index contributed by atoms with van der Waals surface area (Å²) in [6.07, 6.45) is 1.15. The van der Waals surface area contributed by atoms with Gasteiger partial charge in [-0.15, -0.1) is 0 Å². The third kappa shape index (κ3) is 5.62. The normalized spacial score (nSPS) is 10.3. The summed E-state index contributed by atoms with van der Waals surface area (Å²) in [6.45, 7) is 1.09. The number of methoxy groups -OCH3 is 1. The maximum atomic E-state index is 11.8. The van der Waals surface area contributed by atoms with E-state index in [0.29, 0.717) is 29.6 Å². The van der Waals surface area contributed by atoms with E-state index in [1.807, 2.05) is 36.4 Å². The Labute approximate surface area is 152 Å². The van der Waals surface area contributed by atoms with Crippen LogP contribution in [0.2, 0.25) is 10.0 Å². The first kappa shape index (κ1) is 18.4. The third-order valence-electron chi connectivity index (χ3n) is 3.51. The van der Waals surface area contributed by atoms with E-state index in [-0.39, 0.29) is 5.91 Å². The van der Waals surface area contributed by atoms with Crippen molar-refractivity contribution >= 4 is 34.8 Å². The summed E-state index contributed by atoms with van der Waals surface area (Å²) in [6, 6.07) is 13.2. The standard InChI is InChI=1S/C18H20Cl2N2O2/c1-24-14-7-5-13(6-8-14)9-11-22-17(23)10-12-21-16-4-2-3-15(19)18(16)20/h2-8,21H,9-12H2,1H3,(H,22,23). The minimum absolute atomic E-state index is 0.00541. The fourth-order valence-corrected chi connectivity index (χ4v) is 2.55. The number of hydrogen-bond acceptors (Lipinski definition) is 3. The summed E-state index contributed by atoms with van der Waals surface area (Å²) in [5.41, 5.74) is 1.88. The molecule has 0 unspecified atom stereocenters. The van der Waals surface area contributed by atoms with Gasteiger partial charge in [-0.3, -0.25) is 4.79 Å². The first-order valence-electron chi connectivity index (χ1n) is 7.67. The molecular weight excluding hydrogens is 347 g/mol. The molecule has 0 radical (unpaired) electrons. The Hall–Kier alpha value is -1.91. The maximum Gasteiger partial charge on any atom is 0.221 e. The molecule has 0 atom stereocenters. The Morgan fingerprint density at radius 1 is 1.08 bits per heavy atom. The van der Waals surface area contributed by atoms with E-state index in [1.54, 1.807) is 13.2 Å². The van der Waals surface area contributed by atoms with Gasteiger partial charge in [-0.2, -0.15) is 0 Å². The average Bonchev–Trinajstić information content (AvgIpc) is 2.59. The van der Waals surface area contributed by atoms with E-state index in [4.69, 9.17) is 27.9 Å². The Morgan fingerprint density at radius 2 is 1.83 bits per heavy atom. The highest BCUT2D eigenvalue weighted by molar-refractivity contribution is 6.43. The summed E-state index contributed by atoms with van der Waals surface area (Å²) in [7, 11) is 1.64. The molecule has 0 aliphatic carbocycles. The topological polar surface area (TPSA) is 50.4 Å². The highest BCUT2D eigenvalue weighted by Crippen LogP contribution is 2.29. The van der Waals surface area contributed by atoms with Crippen molar-refractivity contribution in [3.8, 4) is 5.75 Å². The van der Waals surface area contributed by atoms with Crippen molar-refractivity contribution in [3.63, 3.8) is 0 Å². The molecule has 6 heteroatoms. The predicted molar refractivity (Wildman–Crippen MR) is 99.3 cm³/mol. The molecule has 2 aromatic carbocycles. The number of amides is 1. The molecule has 0 spiro atoms. The van der Waals surface area contributed by atoms with Gasteiger partial charge in [-0.25, -0.2) is 0 Å². The van der Waals surface area contributed by atoms with Crippen LogP contribution in [0.5, 0.6) is 5.75 Å².